The van der Waals surface area contributed by atoms with Gasteiger partial charge >= 0.3 is 0 Å². The topological polar surface area (TPSA) is 9.23 Å². The van der Waals surface area contributed by atoms with Crippen LogP contribution in [0, 0.1) is 0 Å². The number of halogens is 5. The van der Waals surface area contributed by atoms with Crippen LogP contribution in [0.5, 0.6) is 0 Å². The van der Waals surface area contributed by atoms with Crippen molar-refractivity contribution in [1.29, 1.82) is 0 Å². The smallest absolute Gasteiger partial charge is 0.269 e. The highest BCUT2D eigenvalue weighted by Crippen LogP contribution is 2.38. The van der Waals surface area contributed by atoms with Gasteiger partial charge in [-0.1, -0.05) is 0 Å². The number of hydrogen-bond donors (Lipinski definition) is 0. The minimum absolute atomic E-state index is 0.0872. The molecule has 0 aromatic carbocycles. The predicted octanol–water partition coefficient (Wildman–Crippen LogP) is 2.65. The highest BCUT2D eigenvalue weighted by atomic mass is 19.2. The molecular weight excluding hydrogens is 195 g/mol. The molecular formula is C7H5F5O. The van der Waals surface area contributed by atoms with Gasteiger partial charge < -0.3 is 4.74 Å². The highest BCUT2D eigenvalue weighted by molar-refractivity contribution is 5.33. The summed E-state index contributed by atoms with van der Waals surface area (Å²) in [5, 5.41) is 0. The van der Waals surface area contributed by atoms with Crippen LogP contribution >= 0.6 is 0 Å². The maximum atomic E-state index is 13.0. The van der Waals surface area contributed by atoms with Gasteiger partial charge in [0, 0.05) is 13.2 Å². The van der Waals surface area contributed by atoms with E-state index in [2.05, 4.69) is 4.74 Å². The first-order valence-electron chi connectivity index (χ1n) is 3.24. The fourth-order valence-corrected chi connectivity index (χ4v) is 0.870. The summed E-state index contributed by atoms with van der Waals surface area (Å²) in [7, 11) is 0.715. The summed E-state index contributed by atoms with van der Waals surface area (Å²) in [6, 6.07) is 0. The van der Waals surface area contributed by atoms with Crippen LogP contribution in [0.1, 0.15) is 0 Å². The average molecular weight is 200 g/mol. The third-order valence-electron chi connectivity index (χ3n) is 1.62. The fourth-order valence-electron chi connectivity index (χ4n) is 0.870. The van der Waals surface area contributed by atoms with Crippen molar-refractivity contribution in [2.75, 3.05) is 7.11 Å². The molecule has 0 heterocycles. The Hall–Kier alpha value is -0.910. The van der Waals surface area contributed by atoms with Crippen LogP contribution in [0.25, 0.3) is 0 Å². The van der Waals surface area contributed by atoms with Crippen molar-refractivity contribution < 1.29 is 26.7 Å². The Morgan fingerprint density at radius 3 is 2.38 bits per heavy atom. The lowest BCUT2D eigenvalue weighted by Gasteiger charge is -2.25. The number of methoxy groups -OCH3 is 1. The van der Waals surface area contributed by atoms with Crippen molar-refractivity contribution >= 4 is 0 Å². The van der Waals surface area contributed by atoms with Crippen LogP contribution in [0.4, 0.5) is 22.0 Å². The average Bonchev–Trinajstić information content (AvgIpc) is 2.12. The van der Waals surface area contributed by atoms with Gasteiger partial charge in [-0.2, -0.15) is 0 Å². The Morgan fingerprint density at radius 1 is 1.38 bits per heavy atom. The molecule has 0 aliphatic heterocycles. The van der Waals surface area contributed by atoms with E-state index in [1.807, 2.05) is 0 Å². The van der Waals surface area contributed by atoms with Crippen LogP contribution in [0.3, 0.4) is 0 Å². The second-order valence-electron chi connectivity index (χ2n) is 2.42. The van der Waals surface area contributed by atoms with Gasteiger partial charge in [-0.15, -0.1) is 0 Å². The summed E-state index contributed by atoms with van der Waals surface area (Å²) in [6.45, 7) is 0. The summed E-state index contributed by atoms with van der Waals surface area (Å²) < 4.78 is 66.7. The van der Waals surface area contributed by atoms with Crippen LogP contribution in [-0.4, -0.2) is 19.1 Å². The zero-order valence-electron chi connectivity index (χ0n) is 6.45. The first-order valence-corrected chi connectivity index (χ1v) is 3.24. The van der Waals surface area contributed by atoms with Gasteiger partial charge in [0.1, 0.15) is 0 Å². The molecule has 0 spiro atoms. The molecule has 0 radical (unpaired) electrons. The van der Waals surface area contributed by atoms with Crippen molar-refractivity contribution in [2.24, 2.45) is 0 Å². The van der Waals surface area contributed by atoms with Crippen molar-refractivity contribution in [3.63, 3.8) is 0 Å². The van der Waals surface area contributed by atoms with E-state index in [0.29, 0.717) is 7.11 Å². The molecule has 74 valence electrons. The molecule has 0 amide bonds. The molecule has 1 rings (SSSR count). The zero-order chi connectivity index (χ0) is 10.2. The molecule has 6 heteroatoms. The molecule has 2 unspecified atom stereocenters. The predicted molar refractivity (Wildman–Crippen MR) is 34.2 cm³/mol. The van der Waals surface area contributed by atoms with Crippen molar-refractivity contribution in [3.05, 3.63) is 23.6 Å². The van der Waals surface area contributed by atoms with Crippen LogP contribution in [0.15, 0.2) is 23.6 Å². The molecule has 0 aromatic heterocycles. The normalized spacial score (nSPS) is 34.9. The Morgan fingerprint density at radius 2 is 1.92 bits per heavy atom. The Kier molecular flexibility index (Phi) is 2.42. The Balaban J connectivity index is 3.14. The van der Waals surface area contributed by atoms with E-state index < -0.39 is 29.5 Å². The van der Waals surface area contributed by atoms with Gasteiger partial charge in [-0.3, -0.25) is 0 Å². The Bertz CT molecular complexity index is 285. The van der Waals surface area contributed by atoms with Gasteiger partial charge in [-0.05, 0) is 0 Å². The van der Waals surface area contributed by atoms with Crippen LogP contribution in [-0.2, 0) is 4.74 Å². The first kappa shape index (κ1) is 10.2. The molecule has 0 aromatic rings. The van der Waals surface area contributed by atoms with Gasteiger partial charge in [0.15, 0.2) is 17.5 Å². The van der Waals surface area contributed by atoms with Crippen molar-refractivity contribution in [1.82, 2.24) is 0 Å². The van der Waals surface area contributed by atoms with E-state index in [-0.39, 0.29) is 6.08 Å². The van der Waals surface area contributed by atoms with E-state index >= 15 is 0 Å². The third kappa shape index (κ3) is 1.46. The fraction of sp³-hybridized carbons (Fsp3) is 0.429. The maximum Gasteiger partial charge on any atom is 0.269 e. The zero-order valence-corrected chi connectivity index (χ0v) is 6.45. The number of allylic oxidation sites excluding steroid dienone is 2. The van der Waals surface area contributed by atoms with Gasteiger partial charge in [-0.25, -0.2) is 22.0 Å². The van der Waals surface area contributed by atoms with Crippen LogP contribution < -0.4 is 0 Å². The molecule has 1 aliphatic carbocycles. The molecule has 1 nitrogen and oxygen atoms in total. The van der Waals surface area contributed by atoms with Crippen molar-refractivity contribution in [2.45, 2.75) is 12.0 Å². The summed E-state index contributed by atoms with van der Waals surface area (Å²) >= 11 is 0. The molecule has 0 N–H and O–H groups in total. The van der Waals surface area contributed by atoms with Gasteiger partial charge in [0.2, 0.25) is 6.17 Å². The Labute approximate surface area is 70.5 Å². The van der Waals surface area contributed by atoms with E-state index in [0.717, 1.165) is 0 Å². The number of hydrogen-bond acceptors (Lipinski definition) is 1. The van der Waals surface area contributed by atoms with Crippen molar-refractivity contribution in [3.8, 4) is 0 Å². The summed E-state index contributed by atoms with van der Waals surface area (Å²) in [5.74, 6) is -9.25. The lowest BCUT2D eigenvalue weighted by Crippen LogP contribution is -2.38. The molecule has 13 heavy (non-hydrogen) atoms. The van der Waals surface area contributed by atoms with E-state index in [4.69, 9.17) is 0 Å². The molecule has 0 saturated heterocycles. The minimum Gasteiger partial charge on any atom is -0.343 e. The number of alkyl halides is 2. The second-order valence-corrected chi connectivity index (χ2v) is 2.42. The monoisotopic (exact) mass is 200 g/mol. The maximum absolute atomic E-state index is 13.0. The molecule has 0 fully saturated rings. The first-order chi connectivity index (χ1) is 5.92. The second kappa shape index (κ2) is 3.10. The lowest BCUT2D eigenvalue weighted by atomic mass is 10.0. The summed E-state index contributed by atoms with van der Waals surface area (Å²) in [4.78, 5) is 0. The summed E-state index contributed by atoms with van der Waals surface area (Å²) in [6.07, 6.45) is -3.06. The SMILES string of the molecule is COC1(F)C=C(F)C(F)=C(F)C1F. The van der Waals surface area contributed by atoms with E-state index in [1.165, 1.54) is 0 Å². The molecule has 0 saturated carbocycles. The van der Waals surface area contributed by atoms with Crippen LogP contribution in [0.2, 0.25) is 0 Å². The quantitative estimate of drug-likeness (QED) is 0.591. The molecule has 2 atom stereocenters. The number of rotatable bonds is 1. The van der Waals surface area contributed by atoms with E-state index in [1.54, 1.807) is 0 Å². The third-order valence-corrected chi connectivity index (χ3v) is 1.62. The highest BCUT2D eigenvalue weighted by Gasteiger charge is 2.47. The molecule has 1 aliphatic rings. The van der Waals surface area contributed by atoms with Gasteiger partial charge in [0.25, 0.3) is 5.85 Å². The largest absolute Gasteiger partial charge is 0.343 e. The van der Waals surface area contributed by atoms with Gasteiger partial charge in [0.05, 0.1) is 0 Å². The molecule has 0 bridgehead atoms. The lowest BCUT2D eigenvalue weighted by molar-refractivity contribution is -0.128. The van der Waals surface area contributed by atoms with E-state index in [9.17, 15) is 22.0 Å². The summed E-state index contributed by atoms with van der Waals surface area (Å²) in [5.41, 5.74) is 0. The number of ether oxygens (including phenoxy) is 1. The minimum atomic E-state index is -3.27. The standard InChI is InChI=1S/C7H5F5O/c1-13-7(12)2-3(8)4(9)5(10)6(7)11/h2,6H,1H3.